The van der Waals surface area contributed by atoms with Crippen LogP contribution in [0.2, 0.25) is 0 Å². The van der Waals surface area contributed by atoms with E-state index < -0.39 is 0 Å². The maximum Gasteiger partial charge on any atom is 0.199 e. The molecule has 0 spiro atoms. The number of carbonyl (C=O) groups is 2. The third kappa shape index (κ3) is 9.39. The number of rotatable bonds is 4. The first-order valence-corrected chi connectivity index (χ1v) is 10.1. The summed E-state index contributed by atoms with van der Waals surface area (Å²) in [6, 6.07) is 13.1. The molecule has 1 saturated heterocycles. The summed E-state index contributed by atoms with van der Waals surface area (Å²) in [5, 5.41) is 8.74. The minimum Gasteiger partial charge on any atom is -0.508 e. The molecular weight excluding hydrogens is 384 g/mol. The van der Waals surface area contributed by atoms with Crippen molar-refractivity contribution in [2.75, 3.05) is 13.2 Å². The molecule has 1 atom stereocenters. The zero-order valence-electron chi connectivity index (χ0n) is 16.9. The van der Waals surface area contributed by atoms with Crippen LogP contribution in [0.4, 0.5) is 0 Å². The van der Waals surface area contributed by atoms with E-state index in [0.29, 0.717) is 11.1 Å². The maximum atomic E-state index is 10.4. The average molecular weight is 412 g/mol. The van der Waals surface area contributed by atoms with E-state index in [1.807, 2.05) is 6.08 Å². The Hall–Kier alpha value is -3.12. The van der Waals surface area contributed by atoms with Crippen molar-refractivity contribution in [3.05, 3.63) is 72.0 Å². The van der Waals surface area contributed by atoms with Gasteiger partial charge in [0, 0.05) is 17.5 Å². The summed E-state index contributed by atoms with van der Waals surface area (Å²) in [6.07, 6.45) is 10.8. The molecule has 2 aliphatic rings. The molecule has 2 aliphatic heterocycles. The second kappa shape index (κ2) is 14.0. The van der Waals surface area contributed by atoms with Crippen molar-refractivity contribution in [2.24, 2.45) is 0 Å². The normalized spacial score (nSPS) is 17.1. The fraction of sp³-hybridized carbons (Fsp3) is 0.333. The molecular formula is C24H28O6. The summed E-state index contributed by atoms with van der Waals surface area (Å²) in [7, 11) is 0. The first kappa shape index (κ1) is 23.2. The van der Waals surface area contributed by atoms with Crippen molar-refractivity contribution in [1.29, 1.82) is 0 Å². The Morgan fingerprint density at radius 3 is 1.97 bits per heavy atom. The first-order valence-electron chi connectivity index (χ1n) is 10.1. The van der Waals surface area contributed by atoms with Gasteiger partial charge in [-0.05, 0) is 80.3 Å². The van der Waals surface area contributed by atoms with Crippen LogP contribution in [-0.2, 0) is 9.47 Å². The van der Waals surface area contributed by atoms with Gasteiger partial charge in [0.2, 0.25) is 0 Å². The van der Waals surface area contributed by atoms with Crippen molar-refractivity contribution < 1.29 is 28.9 Å². The largest absolute Gasteiger partial charge is 0.508 e. The lowest BCUT2D eigenvalue weighted by atomic mass is 10.2. The number of hydrogen-bond donors (Lipinski definition) is 1. The maximum absolute atomic E-state index is 10.4. The summed E-state index contributed by atoms with van der Waals surface area (Å²) >= 11 is 0. The van der Waals surface area contributed by atoms with Crippen LogP contribution >= 0.6 is 0 Å². The van der Waals surface area contributed by atoms with Gasteiger partial charge >= 0.3 is 0 Å². The summed E-state index contributed by atoms with van der Waals surface area (Å²) in [5.41, 5.74) is 1.24. The van der Waals surface area contributed by atoms with Crippen LogP contribution in [0, 0.1) is 0 Å². The minimum atomic E-state index is -0.124. The number of ether oxygens (including phenoxy) is 3. The molecule has 4 rings (SSSR count). The van der Waals surface area contributed by atoms with Crippen LogP contribution in [-0.4, -0.2) is 37.2 Å². The SMILES string of the molecule is C1=COCCC1.O=Cc1ccc(O)cc1.O=Cc1ccc(OC2CCCCO2)cc1. The van der Waals surface area contributed by atoms with Crippen molar-refractivity contribution in [3.63, 3.8) is 0 Å². The number of carbonyl (C=O) groups excluding carboxylic acids is 2. The second-order valence-corrected chi connectivity index (χ2v) is 6.70. The molecule has 6 nitrogen and oxygen atoms in total. The molecule has 0 amide bonds. The number of benzene rings is 2. The van der Waals surface area contributed by atoms with Gasteiger partial charge in [0.15, 0.2) is 6.29 Å². The highest BCUT2D eigenvalue weighted by Crippen LogP contribution is 2.19. The second-order valence-electron chi connectivity index (χ2n) is 6.70. The minimum absolute atomic E-state index is 0.124. The van der Waals surface area contributed by atoms with Gasteiger partial charge in [-0.1, -0.05) is 0 Å². The molecule has 0 aromatic heterocycles. The Morgan fingerprint density at radius 1 is 0.867 bits per heavy atom. The molecule has 6 heteroatoms. The topological polar surface area (TPSA) is 82.1 Å². The smallest absolute Gasteiger partial charge is 0.199 e. The lowest BCUT2D eigenvalue weighted by Gasteiger charge is -2.23. The highest BCUT2D eigenvalue weighted by Gasteiger charge is 2.14. The highest BCUT2D eigenvalue weighted by atomic mass is 16.7. The molecule has 0 saturated carbocycles. The van der Waals surface area contributed by atoms with Crippen molar-refractivity contribution in [1.82, 2.24) is 0 Å². The summed E-state index contributed by atoms with van der Waals surface area (Å²) in [5.74, 6) is 0.938. The van der Waals surface area contributed by atoms with E-state index in [2.05, 4.69) is 0 Å². The third-order valence-electron chi connectivity index (χ3n) is 4.28. The molecule has 2 heterocycles. The molecule has 2 aromatic rings. The Labute approximate surface area is 177 Å². The number of aldehydes is 2. The first-order chi connectivity index (χ1) is 14.7. The number of hydrogen-bond acceptors (Lipinski definition) is 6. The number of aromatic hydroxyl groups is 1. The number of phenolic OH excluding ortho intramolecular Hbond substituents is 1. The van der Waals surface area contributed by atoms with Gasteiger partial charge in [-0.15, -0.1) is 0 Å². The quantitative estimate of drug-likeness (QED) is 0.718. The van der Waals surface area contributed by atoms with E-state index in [1.54, 1.807) is 42.7 Å². The van der Waals surface area contributed by atoms with Crippen molar-refractivity contribution in [3.8, 4) is 11.5 Å². The standard InChI is InChI=1S/C12H14O3.C7H6O2.C5H8O/c13-9-10-4-6-11(7-5-10)15-12-3-1-2-8-14-12;8-5-6-1-3-7(9)4-2-6;1-2-4-6-5-3-1/h4-7,9,12H,1-3,8H2;1-5,9H;2,4H,1,3,5H2. The van der Waals surface area contributed by atoms with E-state index >= 15 is 0 Å². The Bertz CT molecular complexity index is 753. The lowest BCUT2D eigenvalue weighted by Crippen LogP contribution is -2.24. The van der Waals surface area contributed by atoms with Crippen molar-refractivity contribution in [2.45, 2.75) is 38.4 Å². The molecule has 1 N–H and O–H groups in total. The van der Waals surface area contributed by atoms with Gasteiger partial charge in [-0.2, -0.15) is 0 Å². The van der Waals surface area contributed by atoms with Gasteiger partial charge in [-0.3, -0.25) is 9.59 Å². The molecule has 30 heavy (non-hydrogen) atoms. The van der Waals surface area contributed by atoms with E-state index in [-0.39, 0.29) is 12.0 Å². The Balaban J connectivity index is 0.000000180. The summed E-state index contributed by atoms with van der Waals surface area (Å²) < 4.78 is 16.0. The van der Waals surface area contributed by atoms with Gasteiger partial charge in [0.05, 0.1) is 19.5 Å². The third-order valence-corrected chi connectivity index (χ3v) is 4.28. The average Bonchev–Trinajstić information content (AvgIpc) is 2.83. The molecule has 160 valence electrons. The molecule has 2 aromatic carbocycles. The van der Waals surface area contributed by atoms with Crippen LogP contribution in [0.3, 0.4) is 0 Å². The van der Waals surface area contributed by atoms with Crippen LogP contribution < -0.4 is 4.74 Å². The summed E-state index contributed by atoms with van der Waals surface area (Å²) in [6.45, 7) is 1.69. The lowest BCUT2D eigenvalue weighted by molar-refractivity contribution is -0.105. The monoisotopic (exact) mass is 412 g/mol. The molecule has 0 bridgehead atoms. The highest BCUT2D eigenvalue weighted by molar-refractivity contribution is 5.75. The van der Waals surface area contributed by atoms with Crippen LogP contribution in [0.15, 0.2) is 60.9 Å². The van der Waals surface area contributed by atoms with E-state index in [1.165, 1.54) is 25.0 Å². The number of phenols is 1. The van der Waals surface area contributed by atoms with E-state index in [0.717, 1.165) is 50.8 Å². The van der Waals surface area contributed by atoms with Gasteiger partial charge in [0.25, 0.3) is 0 Å². The number of allylic oxidation sites excluding steroid dienone is 1. The molecule has 0 aliphatic carbocycles. The molecule has 0 radical (unpaired) electrons. The predicted molar refractivity (Wildman–Crippen MR) is 114 cm³/mol. The van der Waals surface area contributed by atoms with Crippen molar-refractivity contribution >= 4 is 12.6 Å². The van der Waals surface area contributed by atoms with Crippen LogP contribution in [0.5, 0.6) is 11.5 Å². The summed E-state index contributed by atoms with van der Waals surface area (Å²) in [4.78, 5) is 20.5. The zero-order chi connectivity index (χ0) is 21.4. The predicted octanol–water partition coefficient (Wildman–Crippen LogP) is 4.92. The Morgan fingerprint density at radius 2 is 1.53 bits per heavy atom. The van der Waals surface area contributed by atoms with Gasteiger partial charge in [-0.25, -0.2) is 0 Å². The van der Waals surface area contributed by atoms with Crippen LogP contribution in [0.1, 0.15) is 52.8 Å². The van der Waals surface area contributed by atoms with Gasteiger partial charge in [0.1, 0.15) is 24.1 Å². The molecule has 1 unspecified atom stereocenters. The van der Waals surface area contributed by atoms with E-state index in [4.69, 9.17) is 19.3 Å². The van der Waals surface area contributed by atoms with E-state index in [9.17, 15) is 9.59 Å². The zero-order valence-corrected chi connectivity index (χ0v) is 16.9. The Kier molecular flexibility index (Phi) is 10.8. The fourth-order valence-electron chi connectivity index (χ4n) is 2.62. The molecule has 1 fully saturated rings. The van der Waals surface area contributed by atoms with Gasteiger partial charge < -0.3 is 19.3 Å². The van der Waals surface area contributed by atoms with Crippen LogP contribution in [0.25, 0.3) is 0 Å². The fourth-order valence-corrected chi connectivity index (χ4v) is 2.62.